The zero-order chi connectivity index (χ0) is 10.0. The van der Waals surface area contributed by atoms with E-state index in [2.05, 4.69) is 4.72 Å². The zero-order valence-electron chi connectivity index (χ0n) is 7.30. The number of hydrogen-bond acceptors (Lipinski definition) is 2. The third-order valence-electron chi connectivity index (χ3n) is 1.82. The molecule has 0 amide bonds. The van der Waals surface area contributed by atoms with Gasteiger partial charge in [0.25, 0.3) is 0 Å². The summed E-state index contributed by atoms with van der Waals surface area (Å²) < 4.78 is 23.0. The number of thiol groups is 1. The Kier molecular flexibility index (Phi) is 3.17. The van der Waals surface area contributed by atoms with Crippen LogP contribution >= 0.6 is 11.6 Å². The van der Waals surface area contributed by atoms with Crippen LogP contribution in [0.2, 0.25) is 5.02 Å². The van der Waals surface area contributed by atoms with Crippen molar-refractivity contribution < 1.29 is 8.42 Å². The van der Waals surface area contributed by atoms with Crippen LogP contribution in [0.15, 0.2) is 12.1 Å². The first kappa shape index (κ1) is 10.3. The van der Waals surface area contributed by atoms with Crippen LogP contribution in [0, 0.1) is 13.8 Å². The molecule has 0 heterocycles. The minimum atomic E-state index is -2.62. The van der Waals surface area contributed by atoms with Crippen LogP contribution in [0.1, 0.15) is 11.1 Å². The molecule has 0 spiro atoms. The third-order valence-corrected chi connectivity index (χ3v) is 2.66. The van der Waals surface area contributed by atoms with Gasteiger partial charge in [-0.3, -0.25) is 4.72 Å². The van der Waals surface area contributed by atoms with Crippen molar-refractivity contribution in [3.05, 3.63) is 28.3 Å². The van der Waals surface area contributed by atoms with E-state index < -0.39 is 10.9 Å². The highest BCUT2D eigenvalue weighted by Crippen LogP contribution is 2.23. The second-order valence-corrected chi connectivity index (χ2v) is 3.91. The molecule has 0 fully saturated rings. The lowest BCUT2D eigenvalue weighted by Gasteiger charge is -2.05. The van der Waals surface area contributed by atoms with Gasteiger partial charge in [-0.25, -0.2) is 8.42 Å². The molecular weight excluding hydrogens is 210 g/mol. The van der Waals surface area contributed by atoms with E-state index in [4.69, 9.17) is 11.6 Å². The molecule has 1 rings (SSSR count). The topological polar surface area (TPSA) is 46.2 Å². The summed E-state index contributed by atoms with van der Waals surface area (Å²) >= 11 is 5.87. The molecule has 1 aromatic carbocycles. The van der Waals surface area contributed by atoms with Crippen molar-refractivity contribution in [1.82, 2.24) is 0 Å². The van der Waals surface area contributed by atoms with Crippen LogP contribution in [0.3, 0.4) is 0 Å². The molecule has 0 aliphatic rings. The fourth-order valence-corrected chi connectivity index (χ4v) is 1.59. The molecule has 5 heteroatoms. The van der Waals surface area contributed by atoms with E-state index in [1.807, 2.05) is 13.8 Å². The Morgan fingerprint density at radius 3 is 2.38 bits per heavy atom. The average molecular weight is 220 g/mol. The number of benzene rings is 1. The first-order valence-electron chi connectivity index (χ1n) is 3.68. The molecule has 13 heavy (non-hydrogen) atoms. The van der Waals surface area contributed by atoms with Gasteiger partial charge in [-0.1, -0.05) is 11.6 Å². The fourth-order valence-electron chi connectivity index (χ4n) is 0.986. The van der Waals surface area contributed by atoms with E-state index in [9.17, 15) is 8.42 Å². The molecule has 0 aliphatic carbocycles. The number of aryl methyl sites for hydroxylation is 1. The predicted molar refractivity (Wildman–Crippen MR) is 54.9 cm³/mol. The van der Waals surface area contributed by atoms with Crippen molar-refractivity contribution in [2.24, 2.45) is 0 Å². The monoisotopic (exact) mass is 219 g/mol. The fraction of sp³-hybridized carbons (Fsp3) is 0.250. The minimum Gasteiger partial charge on any atom is -0.286 e. The molecule has 1 N–H and O–H groups in total. The number of rotatable bonds is 2. The van der Waals surface area contributed by atoms with Crippen molar-refractivity contribution in [1.29, 1.82) is 0 Å². The quantitative estimate of drug-likeness (QED) is 0.747. The second-order valence-electron chi connectivity index (χ2n) is 2.77. The maximum absolute atomic E-state index is 10.4. The van der Waals surface area contributed by atoms with Crippen LogP contribution in [-0.4, -0.2) is 8.42 Å². The number of anilines is 1. The van der Waals surface area contributed by atoms with Gasteiger partial charge in [0.2, 0.25) is 10.9 Å². The van der Waals surface area contributed by atoms with Crippen LogP contribution in [-0.2, 0) is 10.9 Å². The molecule has 0 aliphatic heterocycles. The first-order chi connectivity index (χ1) is 6.00. The van der Waals surface area contributed by atoms with E-state index >= 15 is 0 Å². The van der Waals surface area contributed by atoms with E-state index in [1.54, 1.807) is 12.1 Å². The Labute approximate surface area is 83.8 Å². The minimum absolute atomic E-state index is 0.504. The van der Waals surface area contributed by atoms with Crippen molar-refractivity contribution in [3.8, 4) is 0 Å². The Balaban J connectivity index is 3.13. The average Bonchev–Trinajstić information content (AvgIpc) is 1.98. The van der Waals surface area contributed by atoms with E-state index in [0.717, 1.165) is 11.1 Å². The number of hydrogen-bond donors (Lipinski definition) is 2. The van der Waals surface area contributed by atoms with E-state index in [-0.39, 0.29) is 0 Å². The summed E-state index contributed by atoms with van der Waals surface area (Å²) in [6, 6.07) is 3.33. The summed E-state index contributed by atoms with van der Waals surface area (Å²) in [5, 5.41) is 0.569. The van der Waals surface area contributed by atoms with Gasteiger partial charge >= 0.3 is 0 Å². The van der Waals surface area contributed by atoms with Crippen LogP contribution in [0.25, 0.3) is 0 Å². The Morgan fingerprint density at radius 1 is 1.31 bits per heavy atom. The Morgan fingerprint density at radius 2 is 1.92 bits per heavy atom. The van der Waals surface area contributed by atoms with Crippen molar-refractivity contribution in [3.63, 3.8) is 0 Å². The van der Waals surface area contributed by atoms with Crippen LogP contribution in [0.5, 0.6) is 0 Å². The summed E-state index contributed by atoms with van der Waals surface area (Å²) in [5.41, 5.74) is 2.43. The molecule has 3 nitrogen and oxygen atoms in total. The van der Waals surface area contributed by atoms with Gasteiger partial charge in [-0.05, 0) is 37.1 Å². The largest absolute Gasteiger partial charge is 0.286 e. The lowest BCUT2D eigenvalue weighted by Crippen LogP contribution is -1.96. The number of nitrogens with one attached hydrogen (secondary N) is 1. The first-order valence-corrected chi connectivity index (χ1v) is 5.24. The smallest absolute Gasteiger partial charge is 0.222 e. The molecular formula is C8H10ClNO2S. The van der Waals surface area contributed by atoms with E-state index in [1.165, 1.54) is 0 Å². The Hall–Kier alpha value is -0.740. The van der Waals surface area contributed by atoms with Crippen molar-refractivity contribution in [2.75, 3.05) is 4.72 Å². The van der Waals surface area contributed by atoms with Crippen LogP contribution < -0.4 is 4.72 Å². The third kappa shape index (κ3) is 2.60. The lowest BCUT2D eigenvalue weighted by atomic mass is 10.1. The van der Waals surface area contributed by atoms with Crippen LogP contribution in [0.4, 0.5) is 5.69 Å². The maximum atomic E-state index is 10.4. The molecule has 0 unspecified atom stereocenters. The maximum Gasteiger partial charge on any atom is 0.222 e. The van der Waals surface area contributed by atoms with Gasteiger partial charge in [0, 0.05) is 10.7 Å². The summed E-state index contributed by atoms with van der Waals surface area (Å²) in [7, 11) is -2.62. The molecule has 0 aromatic heterocycles. The summed E-state index contributed by atoms with van der Waals surface area (Å²) in [6.45, 7) is 3.77. The molecule has 1 aromatic rings. The normalized spacial score (nSPS) is 10.5. The zero-order valence-corrected chi connectivity index (χ0v) is 8.95. The number of halogens is 1. The summed E-state index contributed by atoms with van der Waals surface area (Å²) in [4.78, 5) is 0. The second kappa shape index (κ2) is 3.98. The van der Waals surface area contributed by atoms with Gasteiger partial charge in [0.15, 0.2) is 0 Å². The lowest BCUT2D eigenvalue weighted by molar-refractivity contribution is 0.619. The molecule has 0 atom stereocenters. The molecule has 0 radical (unpaired) electrons. The molecule has 72 valence electrons. The Bertz CT molecular complexity index is 370. The van der Waals surface area contributed by atoms with Gasteiger partial charge in [-0.15, -0.1) is 0 Å². The molecule has 0 saturated carbocycles. The summed E-state index contributed by atoms with van der Waals surface area (Å²) in [5.74, 6) is 0. The SMILES string of the molecule is Cc1cc(N[SH](=O)=O)cc(Cl)c1C. The molecule has 0 saturated heterocycles. The predicted octanol–water partition coefficient (Wildman–Crippen LogP) is 1.90. The van der Waals surface area contributed by atoms with Gasteiger partial charge in [0.05, 0.1) is 0 Å². The summed E-state index contributed by atoms with van der Waals surface area (Å²) in [6.07, 6.45) is 0. The molecule has 0 bridgehead atoms. The highest BCUT2D eigenvalue weighted by molar-refractivity contribution is 7.73. The van der Waals surface area contributed by atoms with Gasteiger partial charge in [-0.2, -0.15) is 0 Å². The highest BCUT2D eigenvalue weighted by Gasteiger charge is 2.01. The van der Waals surface area contributed by atoms with Gasteiger partial charge < -0.3 is 0 Å². The van der Waals surface area contributed by atoms with Crippen molar-refractivity contribution >= 4 is 28.2 Å². The van der Waals surface area contributed by atoms with E-state index in [0.29, 0.717) is 10.7 Å². The van der Waals surface area contributed by atoms with Crippen molar-refractivity contribution in [2.45, 2.75) is 13.8 Å². The highest BCUT2D eigenvalue weighted by atomic mass is 35.5. The standard InChI is InChI=1S/C8H10ClNO2S/c1-5-3-7(10-13(11)12)4-8(9)6(5)2/h3-4,13H,1-2H3,(H,10,11,12). The van der Waals surface area contributed by atoms with Gasteiger partial charge in [0.1, 0.15) is 0 Å².